The number of pyridine rings is 2. The maximum atomic E-state index is 12.8. The van der Waals surface area contributed by atoms with E-state index in [1.54, 1.807) is 46.2 Å². The highest BCUT2D eigenvalue weighted by atomic mass is 35.5. The lowest BCUT2D eigenvalue weighted by Gasteiger charge is -2.27. The lowest BCUT2D eigenvalue weighted by Crippen LogP contribution is -2.33. The van der Waals surface area contributed by atoms with Gasteiger partial charge in [-0.05, 0) is 43.7 Å². The first-order valence-corrected chi connectivity index (χ1v) is 7.83. The zero-order chi connectivity index (χ0) is 16.4. The Morgan fingerprint density at radius 3 is 2.91 bits per heavy atom. The summed E-state index contributed by atoms with van der Waals surface area (Å²) in [6, 6.07) is 9.05. The summed E-state index contributed by atoms with van der Waals surface area (Å²) in [4.78, 5) is 18.7. The lowest BCUT2D eigenvalue weighted by molar-refractivity contribution is 0.0695. The quantitative estimate of drug-likeness (QED) is 0.735. The van der Waals surface area contributed by atoms with Crippen molar-refractivity contribution in [2.24, 2.45) is 0 Å². The number of nitrogens with zero attached hydrogens (tertiary/aromatic N) is 4. The fraction of sp³-hybridized carbons (Fsp3) is 0.235. The molecular weight excluding hydrogens is 312 g/mol. The van der Waals surface area contributed by atoms with Crippen LogP contribution in [-0.4, -0.2) is 31.9 Å². The summed E-state index contributed by atoms with van der Waals surface area (Å²) in [5.41, 5.74) is 2.20. The van der Waals surface area contributed by atoms with Gasteiger partial charge in [0.25, 0.3) is 5.91 Å². The van der Waals surface area contributed by atoms with Crippen LogP contribution in [0.4, 0.5) is 0 Å². The van der Waals surface area contributed by atoms with Crippen LogP contribution in [0.5, 0.6) is 0 Å². The minimum Gasteiger partial charge on any atom is -0.331 e. The van der Waals surface area contributed by atoms with E-state index < -0.39 is 0 Å². The molecule has 1 unspecified atom stereocenters. The largest absolute Gasteiger partial charge is 0.331 e. The summed E-state index contributed by atoms with van der Waals surface area (Å²) in [5, 5.41) is 4.97. The van der Waals surface area contributed by atoms with E-state index in [0.29, 0.717) is 17.3 Å². The molecule has 3 heterocycles. The number of halogens is 1. The molecule has 118 valence electrons. The van der Waals surface area contributed by atoms with Gasteiger partial charge in [-0.3, -0.25) is 9.78 Å². The van der Waals surface area contributed by atoms with Crippen molar-refractivity contribution in [2.75, 3.05) is 6.54 Å². The van der Waals surface area contributed by atoms with Gasteiger partial charge in [-0.2, -0.15) is 5.10 Å². The van der Waals surface area contributed by atoms with Gasteiger partial charge < -0.3 is 4.90 Å². The van der Waals surface area contributed by atoms with Crippen LogP contribution in [0, 0.1) is 0 Å². The monoisotopic (exact) mass is 328 g/mol. The van der Waals surface area contributed by atoms with Crippen molar-refractivity contribution in [3.63, 3.8) is 0 Å². The molecule has 0 saturated carbocycles. The van der Waals surface area contributed by atoms with Gasteiger partial charge in [0.05, 0.1) is 11.6 Å². The predicted octanol–water partition coefficient (Wildman–Crippen LogP) is 3.61. The third-order valence-corrected chi connectivity index (χ3v) is 4.12. The average Bonchev–Trinajstić information content (AvgIpc) is 2.99. The molecule has 3 aromatic heterocycles. The Labute approximate surface area is 139 Å². The Kier molecular flexibility index (Phi) is 4.30. The molecule has 0 radical (unpaired) electrons. The van der Waals surface area contributed by atoms with Crippen LogP contribution in [-0.2, 0) is 0 Å². The van der Waals surface area contributed by atoms with Crippen molar-refractivity contribution < 1.29 is 4.79 Å². The SMILES string of the molecule is CCN(C(=O)c1cc2cc(Cl)ccn2n1)C(C)c1cccnc1. The zero-order valence-electron chi connectivity index (χ0n) is 13.0. The van der Waals surface area contributed by atoms with Gasteiger partial charge in [0.2, 0.25) is 0 Å². The van der Waals surface area contributed by atoms with Crippen LogP contribution in [0.2, 0.25) is 5.02 Å². The van der Waals surface area contributed by atoms with E-state index in [9.17, 15) is 4.79 Å². The fourth-order valence-electron chi connectivity index (χ4n) is 2.62. The van der Waals surface area contributed by atoms with Gasteiger partial charge in [-0.25, -0.2) is 4.52 Å². The maximum absolute atomic E-state index is 12.8. The van der Waals surface area contributed by atoms with E-state index >= 15 is 0 Å². The second kappa shape index (κ2) is 6.38. The molecule has 23 heavy (non-hydrogen) atoms. The molecule has 0 aliphatic rings. The number of hydrogen-bond donors (Lipinski definition) is 0. The maximum Gasteiger partial charge on any atom is 0.274 e. The molecule has 1 atom stereocenters. The van der Waals surface area contributed by atoms with Crippen molar-refractivity contribution in [3.8, 4) is 0 Å². The smallest absolute Gasteiger partial charge is 0.274 e. The number of amides is 1. The lowest BCUT2D eigenvalue weighted by atomic mass is 10.1. The van der Waals surface area contributed by atoms with Crippen LogP contribution < -0.4 is 0 Å². The molecule has 5 nitrogen and oxygen atoms in total. The number of hydrogen-bond acceptors (Lipinski definition) is 3. The Morgan fingerprint density at radius 1 is 1.39 bits per heavy atom. The van der Waals surface area contributed by atoms with Crippen LogP contribution >= 0.6 is 11.6 Å². The van der Waals surface area contributed by atoms with Gasteiger partial charge in [-0.1, -0.05) is 17.7 Å². The van der Waals surface area contributed by atoms with E-state index in [-0.39, 0.29) is 11.9 Å². The van der Waals surface area contributed by atoms with Crippen LogP contribution in [0.3, 0.4) is 0 Å². The molecule has 1 amide bonds. The molecule has 0 N–H and O–H groups in total. The summed E-state index contributed by atoms with van der Waals surface area (Å²) < 4.78 is 1.65. The van der Waals surface area contributed by atoms with Crippen molar-refractivity contribution in [1.29, 1.82) is 0 Å². The highest BCUT2D eigenvalue weighted by Gasteiger charge is 2.23. The summed E-state index contributed by atoms with van der Waals surface area (Å²) in [5.74, 6) is -0.108. The number of carbonyl (C=O) groups excluding carboxylic acids is 1. The highest BCUT2D eigenvalue weighted by Crippen LogP contribution is 2.22. The van der Waals surface area contributed by atoms with Gasteiger partial charge in [0, 0.05) is 30.2 Å². The highest BCUT2D eigenvalue weighted by molar-refractivity contribution is 6.30. The Bertz CT molecular complexity index is 831. The van der Waals surface area contributed by atoms with E-state index in [2.05, 4.69) is 10.1 Å². The first-order valence-electron chi connectivity index (χ1n) is 7.46. The van der Waals surface area contributed by atoms with Crippen LogP contribution in [0.15, 0.2) is 48.9 Å². The molecule has 3 aromatic rings. The molecule has 0 aliphatic carbocycles. The average molecular weight is 329 g/mol. The molecule has 3 rings (SSSR count). The first-order chi connectivity index (χ1) is 11.1. The minimum absolute atomic E-state index is 0.0744. The molecule has 0 spiro atoms. The number of fused-ring (bicyclic) bond motifs is 1. The second-order valence-corrected chi connectivity index (χ2v) is 5.73. The Balaban J connectivity index is 1.92. The fourth-order valence-corrected chi connectivity index (χ4v) is 2.78. The van der Waals surface area contributed by atoms with E-state index in [1.807, 2.05) is 26.0 Å². The summed E-state index contributed by atoms with van der Waals surface area (Å²) in [6.45, 7) is 4.53. The third kappa shape index (κ3) is 3.05. The Hall–Kier alpha value is -2.40. The summed E-state index contributed by atoms with van der Waals surface area (Å²) in [7, 11) is 0. The molecule has 0 aromatic carbocycles. The topological polar surface area (TPSA) is 50.5 Å². The molecular formula is C17H17ClN4O. The normalized spacial score (nSPS) is 12.3. The van der Waals surface area contributed by atoms with Gasteiger partial charge in [0.15, 0.2) is 5.69 Å². The summed E-state index contributed by atoms with van der Waals surface area (Å²) in [6.07, 6.45) is 5.25. The first kappa shape index (κ1) is 15.5. The van der Waals surface area contributed by atoms with E-state index in [1.165, 1.54) is 0 Å². The number of carbonyl (C=O) groups is 1. The van der Waals surface area contributed by atoms with Crippen molar-refractivity contribution in [1.82, 2.24) is 19.5 Å². The van der Waals surface area contributed by atoms with Gasteiger partial charge in [-0.15, -0.1) is 0 Å². The molecule has 0 saturated heterocycles. The van der Waals surface area contributed by atoms with Crippen molar-refractivity contribution in [3.05, 3.63) is 65.2 Å². The zero-order valence-corrected chi connectivity index (χ0v) is 13.7. The van der Waals surface area contributed by atoms with Gasteiger partial charge in [0.1, 0.15) is 0 Å². The molecule has 6 heteroatoms. The number of aromatic nitrogens is 3. The predicted molar refractivity (Wildman–Crippen MR) is 89.6 cm³/mol. The van der Waals surface area contributed by atoms with Crippen molar-refractivity contribution >= 4 is 23.0 Å². The standard InChI is InChI=1S/C17H17ClN4O/c1-3-21(12(2)13-5-4-7-19-11-13)17(23)16-10-15-9-14(18)6-8-22(15)20-16/h4-12H,3H2,1-2H3. The third-order valence-electron chi connectivity index (χ3n) is 3.88. The van der Waals surface area contributed by atoms with E-state index in [0.717, 1.165) is 11.1 Å². The van der Waals surface area contributed by atoms with Crippen molar-refractivity contribution in [2.45, 2.75) is 19.9 Å². The Morgan fingerprint density at radius 2 is 2.22 bits per heavy atom. The second-order valence-electron chi connectivity index (χ2n) is 5.30. The molecule has 0 aliphatic heterocycles. The van der Waals surface area contributed by atoms with Crippen LogP contribution in [0.1, 0.15) is 35.9 Å². The molecule has 0 fully saturated rings. The number of rotatable bonds is 4. The minimum atomic E-state index is -0.108. The van der Waals surface area contributed by atoms with Crippen LogP contribution in [0.25, 0.3) is 5.52 Å². The van der Waals surface area contributed by atoms with Gasteiger partial charge >= 0.3 is 0 Å². The molecule has 0 bridgehead atoms. The van der Waals surface area contributed by atoms with E-state index in [4.69, 9.17) is 11.6 Å². The summed E-state index contributed by atoms with van der Waals surface area (Å²) >= 11 is 5.98.